The first-order valence-corrected chi connectivity index (χ1v) is 7.11. The zero-order chi connectivity index (χ0) is 14.2. The number of hydrogen-bond donors (Lipinski definition) is 2. The average molecular weight is 281 g/mol. The predicted molar refractivity (Wildman–Crippen MR) is 72.4 cm³/mol. The molecule has 0 aliphatic carbocycles. The number of anilines is 2. The summed E-state index contributed by atoms with van der Waals surface area (Å²) in [6.07, 6.45) is 0. The summed E-state index contributed by atoms with van der Waals surface area (Å²) in [6.45, 7) is 5.11. The molecule has 0 aliphatic heterocycles. The minimum atomic E-state index is -3.72. The smallest absolute Gasteiger partial charge is 0.264 e. The number of aromatic nitrogens is 1. The molecule has 0 atom stereocenters. The van der Waals surface area contributed by atoms with Gasteiger partial charge in [-0.05, 0) is 44.0 Å². The Bertz CT molecular complexity index is 697. The third kappa shape index (κ3) is 2.70. The van der Waals surface area contributed by atoms with Crippen molar-refractivity contribution in [3.8, 4) is 0 Å². The monoisotopic (exact) mass is 281 g/mol. The van der Waals surface area contributed by atoms with E-state index >= 15 is 0 Å². The first-order chi connectivity index (χ1) is 8.79. The summed E-state index contributed by atoms with van der Waals surface area (Å²) in [7, 11) is -3.72. The Kier molecular flexibility index (Phi) is 3.23. The van der Waals surface area contributed by atoms with E-state index in [0.29, 0.717) is 22.5 Å². The minimum absolute atomic E-state index is 0.0909. The van der Waals surface area contributed by atoms with Crippen LogP contribution in [-0.2, 0) is 10.0 Å². The highest BCUT2D eigenvalue weighted by Crippen LogP contribution is 2.25. The number of nitrogens with two attached hydrogens (primary N) is 1. The van der Waals surface area contributed by atoms with Crippen molar-refractivity contribution in [2.45, 2.75) is 25.7 Å². The molecule has 7 heteroatoms. The topological polar surface area (TPSA) is 98.2 Å². The van der Waals surface area contributed by atoms with Crippen LogP contribution in [0.15, 0.2) is 27.6 Å². The second kappa shape index (κ2) is 4.58. The van der Waals surface area contributed by atoms with Crippen molar-refractivity contribution in [1.29, 1.82) is 0 Å². The molecule has 0 fully saturated rings. The van der Waals surface area contributed by atoms with Crippen LogP contribution >= 0.6 is 0 Å². The summed E-state index contributed by atoms with van der Waals surface area (Å²) in [5.74, 6) is 0.0909. The number of aryl methyl sites for hydroxylation is 3. The quantitative estimate of drug-likeness (QED) is 0.838. The molecule has 1 aromatic carbocycles. The molecule has 0 unspecified atom stereocenters. The van der Waals surface area contributed by atoms with Crippen LogP contribution in [-0.4, -0.2) is 13.6 Å². The molecular weight excluding hydrogens is 266 g/mol. The second-order valence-electron chi connectivity index (χ2n) is 4.42. The van der Waals surface area contributed by atoms with Gasteiger partial charge in [0.25, 0.3) is 10.0 Å². The van der Waals surface area contributed by atoms with E-state index < -0.39 is 10.0 Å². The second-order valence-corrected chi connectivity index (χ2v) is 6.04. The fraction of sp³-hybridized carbons (Fsp3) is 0.250. The largest absolute Gasteiger partial charge is 0.399 e. The molecule has 19 heavy (non-hydrogen) atoms. The number of benzene rings is 1. The van der Waals surface area contributed by atoms with Gasteiger partial charge in [-0.15, -0.1) is 0 Å². The molecule has 0 amide bonds. The summed E-state index contributed by atoms with van der Waals surface area (Å²) in [5.41, 5.74) is 7.99. The standard InChI is InChI=1S/C12H15N3O3S/c1-7-4-10(13)5-8(2)12(7)19(16,17)15-11-6-9(3)14-18-11/h4-6,15H,13H2,1-3H3. The van der Waals surface area contributed by atoms with Crippen molar-refractivity contribution in [2.24, 2.45) is 0 Å². The predicted octanol–water partition coefficient (Wildman–Crippen LogP) is 1.98. The molecule has 0 saturated carbocycles. The molecule has 0 saturated heterocycles. The van der Waals surface area contributed by atoms with Gasteiger partial charge in [-0.25, -0.2) is 13.1 Å². The summed E-state index contributed by atoms with van der Waals surface area (Å²) < 4.78 is 31.9. The summed E-state index contributed by atoms with van der Waals surface area (Å²) in [6, 6.07) is 4.75. The van der Waals surface area contributed by atoms with E-state index in [1.54, 1.807) is 32.9 Å². The maximum absolute atomic E-state index is 12.3. The van der Waals surface area contributed by atoms with Gasteiger partial charge >= 0.3 is 0 Å². The average Bonchev–Trinajstić information content (AvgIpc) is 2.60. The lowest BCUT2D eigenvalue weighted by atomic mass is 10.1. The Balaban J connectivity index is 2.45. The highest BCUT2D eigenvalue weighted by atomic mass is 32.2. The molecule has 2 rings (SSSR count). The normalized spacial score (nSPS) is 11.5. The number of hydrogen-bond acceptors (Lipinski definition) is 5. The van der Waals surface area contributed by atoms with E-state index in [0.717, 1.165) is 0 Å². The highest BCUT2D eigenvalue weighted by molar-refractivity contribution is 7.92. The van der Waals surface area contributed by atoms with E-state index in [1.165, 1.54) is 6.07 Å². The van der Waals surface area contributed by atoms with Gasteiger partial charge < -0.3 is 10.3 Å². The number of nitrogens with one attached hydrogen (secondary N) is 1. The summed E-state index contributed by atoms with van der Waals surface area (Å²) in [4.78, 5) is 0.204. The summed E-state index contributed by atoms with van der Waals surface area (Å²) in [5, 5.41) is 3.63. The fourth-order valence-electron chi connectivity index (χ4n) is 2.00. The van der Waals surface area contributed by atoms with Gasteiger partial charge in [-0.1, -0.05) is 5.16 Å². The van der Waals surface area contributed by atoms with Crippen LogP contribution in [0.2, 0.25) is 0 Å². The molecule has 0 aliphatic rings. The van der Waals surface area contributed by atoms with Crippen LogP contribution in [0.3, 0.4) is 0 Å². The van der Waals surface area contributed by atoms with E-state index in [1.807, 2.05) is 0 Å². The molecule has 1 aromatic heterocycles. The van der Waals surface area contributed by atoms with E-state index in [-0.39, 0.29) is 10.8 Å². The van der Waals surface area contributed by atoms with Crippen LogP contribution in [0.25, 0.3) is 0 Å². The third-order valence-electron chi connectivity index (χ3n) is 2.61. The third-order valence-corrected chi connectivity index (χ3v) is 4.27. The molecule has 102 valence electrons. The van der Waals surface area contributed by atoms with Crippen LogP contribution in [0.1, 0.15) is 16.8 Å². The SMILES string of the molecule is Cc1cc(NS(=O)(=O)c2c(C)cc(N)cc2C)on1. The van der Waals surface area contributed by atoms with Crippen LogP contribution in [0, 0.1) is 20.8 Å². The van der Waals surface area contributed by atoms with Gasteiger partial charge in [0, 0.05) is 11.8 Å². The maximum Gasteiger partial charge on any atom is 0.264 e. The lowest BCUT2D eigenvalue weighted by Gasteiger charge is -2.11. The molecule has 6 nitrogen and oxygen atoms in total. The Labute approximate surface area is 111 Å². The number of sulfonamides is 1. The highest BCUT2D eigenvalue weighted by Gasteiger charge is 2.21. The van der Waals surface area contributed by atoms with Crippen molar-refractivity contribution < 1.29 is 12.9 Å². The van der Waals surface area contributed by atoms with Gasteiger partial charge in [-0.2, -0.15) is 0 Å². The Hall–Kier alpha value is -2.02. The van der Waals surface area contributed by atoms with Crippen LogP contribution < -0.4 is 10.5 Å². The molecular formula is C12H15N3O3S. The van der Waals surface area contributed by atoms with E-state index in [9.17, 15) is 8.42 Å². The van der Waals surface area contributed by atoms with E-state index in [4.69, 9.17) is 10.3 Å². The Morgan fingerprint density at radius 2 is 1.74 bits per heavy atom. The van der Waals surface area contributed by atoms with E-state index in [2.05, 4.69) is 9.88 Å². The zero-order valence-corrected chi connectivity index (χ0v) is 11.7. The first-order valence-electron chi connectivity index (χ1n) is 5.62. The van der Waals surface area contributed by atoms with Crippen molar-refractivity contribution in [1.82, 2.24) is 5.16 Å². The Morgan fingerprint density at radius 1 is 1.16 bits per heavy atom. The molecule has 1 heterocycles. The number of nitrogens with zero attached hydrogens (tertiary/aromatic N) is 1. The molecule has 3 N–H and O–H groups in total. The molecule has 0 spiro atoms. The van der Waals surface area contributed by atoms with Gasteiger partial charge in [-0.3, -0.25) is 0 Å². The maximum atomic E-state index is 12.3. The number of rotatable bonds is 3. The summed E-state index contributed by atoms with van der Waals surface area (Å²) >= 11 is 0. The van der Waals surface area contributed by atoms with Crippen LogP contribution in [0.4, 0.5) is 11.6 Å². The fourth-order valence-corrected chi connectivity index (χ4v) is 3.43. The van der Waals surface area contributed by atoms with Crippen molar-refractivity contribution in [3.05, 3.63) is 35.0 Å². The van der Waals surface area contributed by atoms with Gasteiger partial charge in [0.15, 0.2) is 0 Å². The van der Waals surface area contributed by atoms with Crippen molar-refractivity contribution in [2.75, 3.05) is 10.5 Å². The van der Waals surface area contributed by atoms with Crippen molar-refractivity contribution >= 4 is 21.6 Å². The first kappa shape index (κ1) is 13.4. The van der Waals surface area contributed by atoms with Gasteiger partial charge in [0.05, 0.1) is 10.6 Å². The molecule has 2 aromatic rings. The van der Waals surface area contributed by atoms with Crippen molar-refractivity contribution in [3.63, 3.8) is 0 Å². The lowest BCUT2D eigenvalue weighted by molar-refractivity contribution is 0.430. The molecule has 0 radical (unpaired) electrons. The molecule has 0 bridgehead atoms. The van der Waals surface area contributed by atoms with Crippen LogP contribution in [0.5, 0.6) is 0 Å². The number of nitrogen functional groups attached to an aromatic ring is 1. The van der Waals surface area contributed by atoms with Gasteiger partial charge in [0.1, 0.15) is 0 Å². The minimum Gasteiger partial charge on any atom is -0.399 e. The lowest BCUT2D eigenvalue weighted by Crippen LogP contribution is -2.15. The van der Waals surface area contributed by atoms with Gasteiger partial charge in [0.2, 0.25) is 5.88 Å². The zero-order valence-electron chi connectivity index (χ0n) is 10.9. The Morgan fingerprint density at radius 3 is 2.21 bits per heavy atom.